The van der Waals surface area contributed by atoms with Crippen LogP contribution in [-0.4, -0.2) is 44.9 Å². The van der Waals surface area contributed by atoms with Gasteiger partial charge in [0.2, 0.25) is 0 Å². The minimum atomic E-state index is -1.21. The lowest BCUT2D eigenvalue weighted by molar-refractivity contribution is -0.315. The molecule has 6 nitrogen and oxygen atoms in total. The van der Waals surface area contributed by atoms with Crippen molar-refractivity contribution in [3.8, 4) is 5.75 Å². The smallest absolute Gasteiger partial charge is 0.146 e. The van der Waals surface area contributed by atoms with Crippen LogP contribution in [0.2, 0.25) is 0 Å². The lowest BCUT2D eigenvalue weighted by Gasteiger charge is -2.35. The fourth-order valence-electron chi connectivity index (χ4n) is 3.46. The number of nitrogens with zero attached hydrogens (tertiary/aromatic N) is 1. The number of carboxylic acids is 1. The molecule has 1 N–H and O–H groups in total. The zero-order chi connectivity index (χ0) is 20.8. The van der Waals surface area contributed by atoms with Crippen molar-refractivity contribution in [2.24, 2.45) is 0 Å². The summed E-state index contributed by atoms with van der Waals surface area (Å²) in [6.45, 7) is 4.36. The number of anilines is 2. The van der Waals surface area contributed by atoms with Crippen LogP contribution >= 0.6 is 0 Å². The van der Waals surface area contributed by atoms with Crippen LogP contribution in [0, 0.1) is 5.82 Å². The van der Waals surface area contributed by atoms with E-state index in [0.29, 0.717) is 5.75 Å². The minimum absolute atomic E-state index is 0.0155. The van der Waals surface area contributed by atoms with Crippen LogP contribution in [0.5, 0.6) is 5.75 Å². The molecule has 0 radical (unpaired) electrons. The third-order valence-electron chi connectivity index (χ3n) is 4.92. The number of halogens is 1. The summed E-state index contributed by atoms with van der Waals surface area (Å²) in [6, 6.07) is 12.3. The van der Waals surface area contributed by atoms with Gasteiger partial charge < -0.3 is 29.6 Å². The molecule has 0 aromatic heterocycles. The van der Waals surface area contributed by atoms with Crippen molar-refractivity contribution >= 4 is 17.3 Å². The van der Waals surface area contributed by atoms with Gasteiger partial charge in [0.15, 0.2) is 0 Å². The Labute approximate surface area is 170 Å². The molecule has 0 fully saturated rings. The molecule has 0 saturated heterocycles. The summed E-state index contributed by atoms with van der Waals surface area (Å²) >= 11 is 0. The number of methoxy groups -OCH3 is 1. The largest absolute Gasteiger partial charge is 0.547 e. The van der Waals surface area contributed by atoms with E-state index in [2.05, 4.69) is 10.2 Å². The second-order valence-corrected chi connectivity index (χ2v) is 7.21. The van der Waals surface area contributed by atoms with Gasteiger partial charge in [-0.15, -0.1) is 0 Å². The van der Waals surface area contributed by atoms with Crippen LogP contribution in [-0.2, 0) is 16.0 Å². The normalized spacial score (nSPS) is 16.7. The molecule has 1 aliphatic rings. The first-order valence-electron chi connectivity index (χ1n) is 9.74. The van der Waals surface area contributed by atoms with Crippen LogP contribution in [0.4, 0.5) is 15.8 Å². The highest BCUT2D eigenvalue weighted by Gasteiger charge is 2.22. The fourth-order valence-corrected chi connectivity index (χ4v) is 3.46. The van der Waals surface area contributed by atoms with Gasteiger partial charge in [-0.3, -0.25) is 0 Å². The van der Waals surface area contributed by atoms with Gasteiger partial charge in [0.05, 0.1) is 18.2 Å². The Kier molecular flexibility index (Phi) is 6.93. The van der Waals surface area contributed by atoms with Crippen LogP contribution in [0.1, 0.15) is 18.9 Å². The highest BCUT2D eigenvalue weighted by molar-refractivity contribution is 5.70. The third kappa shape index (κ3) is 5.60. The molecule has 7 heteroatoms. The van der Waals surface area contributed by atoms with E-state index in [4.69, 9.17) is 9.47 Å². The molecule has 3 rings (SSSR count). The fraction of sp³-hybridized carbons (Fsp3) is 0.409. The topological polar surface area (TPSA) is 73.9 Å². The zero-order valence-electron chi connectivity index (χ0n) is 16.7. The number of benzene rings is 2. The van der Waals surface area contributed by atoms with Crippen LogP contribution in [0.15, 0.2) is 42.5 Å². The Balaban J connectivity index is 1.48. The lowest BCUT2D eigenvalue weighted by Crippen LogP contribution is -2.39. The average Bonchev–Trinajstić information content (AvgIpc) is 2.69. The molecule has 1 unspecified atom stereocenters. The van der Waals surface area contributed by atoms with E-state index in [1.54, 1.807) is 6.07 Å². The first-order valence-corrected chi connectivity index (χ1v) is 9.74. The van der Waals surface area contributed by atoms with Crippen molar-refractivity contribution in [3.63, 3.8) is 0 Å². The van der Waals surface area contributed by atoms with Gasteiger partial charge in [-0.25, -0.2) is 4.39 Å². The number of hydrogen-bond acceptors (Lipinski definition) is 6. The number of carboxylic acid groups (broad SMARTS) is 1. The molecule has 156 valence electrons. The summed E-state index contributed by atoms with van der Waals surface area (Å²) in [5.74, 6) is -0.908. The van der Waals surface area contributed by atoms with E-state index in [-0.39, 0.29) is 18.3 Å². The van der Waals surface area contributed by atoms with Crippen molar-refractivity contribution in [2.45, 2.75) is 32.0 Å². The van der Waals surface area contributed by atoms with E-state index in [0.717, 1.165) is 43.0 Å². The molecule has 0 saturated carbocycles. The van der Waals surface area contributed by atoms with Gasteiger partial charge >= 0.3 is 0 Å². The lowest BCUT2D eigenvalue weighted by atomic mass is 10.1. The first-order chi connectivity index (χ1) is 14.0. The van der Waals surface area contributed by atoms with E-state index in [9.17, 15) is 14.3 Å². The monoisotopic (exact) mass is 401 g/mol. The Morgan fingerprint density at radius 2 is 2.10 bits per heavy atom. The molecule has 2 aromatic carbocycles. The predicted molar refractivity (Wildman–Crippen MR) is 108 cm³/mol. The highest BCUT2D eigenvalue weighted by Crippen LogP contribution is 2.33. The quantitative estimate of drug-likeness (QED) is 0.650. The molecule has 2 atom stereocenters. The SMILES string of the molecule is CO[C@@H](Cc1ccc(NCCCN2CC(C)Oc3cc(F)ccc32)cc1)C(=O)[O-]. The van der Waals surface area contributed by atoms with E-state index >= 15 is 0 Å². The third-order valence-corrected chi connectivity index (χ3v) is 4.92. The standard InChI is InChI=1S/C22H27FN2O4/c1-15-14-25(19-9-6-17(23)13-20(19)29-15)11-3-10-24-18-7-4-16(5-8-18)12-21(28-2)22(26)27/h4-9,13,15,21,24H,3,10-12,14H2,1-2H3,(H,26,27)/p-1/t15?,21-/m0/s1. The summed E-state index contributed by atoms with van der Waals surface area (Å²) in [6.07, 6.45) is 0.249. The molecule has 1 aliphatic heterocycles. The van der Waals surface area contributed by atoms with Crippen molar-refractivity contribution in [1.82, 2.24) is 0 Å². The van der Waals surface area contributed by atoms with Crippen molar-refractivity contribution < 1.29 is 23.8 Å². The van der Waals surface area contributed by atoms with E-state index < -0.39 is 12.1 Å². The Morgan fingerprint density at radius 1 is 1.34 bits per heavy atom. The van der Waals surface area contributed by atoms with E-state index in [1.165, 1.54) is 19.2 Å². The number of hydrogen-bond donors (Lipinski definition) is 1. The summed E-state index contributed by atoms with van der Waals surface area (Å²) in [4.78, 5) is 13.2. The maximum absolute atomic E-state index is 13.5. The average molecular weight is 401 g/mol. The molecular formula is C22H26FN2O4-. The predicted octanol–water partition coefficient (Wildman–Crippen LogP) is 2.22. The van der Waals surface area contributed by atoms with Crippen molar-refractivity contribution in [3.05, 3.63) is 53.8 Å². The number of carbonyl (C=O) groups excluding carboxylic acids is 1. The van der Waals surface area contributed by atoms with Gasteiger partial charge in [0, 0.05) is 38.4 Å². The summed E-state index contributed by atoms with van der Waals surface area (Å²) < 4.78 is 24.1. The number of fused-ring (bicyclic) bond motifs is 1. The van der Waals surface area contributed by atoms with Gasteiger partial charge in [-0.1, -0.05) is 12.1 Å². The van der Waals surface area contributed by atoms with Gasteiger partial charge in [0.1, 0.15) is 23.8 Å². The van der Waals surface area contributed by atoms with Crippen molar-refractivity contribution in [1.29, 1.82) is 0 Å². The maximum Gasteiger partial charge on any atom is 0.146 e. The van der Waals surface area contributed by atoms with Gasteiger partial charge in [-0.2, -0.15) is 0 Å². The first kappa shape index (κ1) is 20.9. The molecule has 0 amide bonds. The molecule has 1 heterocycles. The number of aliphatic carboxylic acids is 1. The van der Waals surface area contributed by atoms with Crippen molar-refractivity contribution in [2.75, 3.05) is 37.0 Å². The summed E-state index contributed by atoms with van der Waals surface area (Å²) in [5, 5.41) is 14.3. The van der Waals surface area contributed by atoms with Crippen LogP contribution < -0.4 is 20.1 Å². The molecule has 29 heavy (non-hydrogen) atoms. The number of ether oxygens (including phenoxy) is 2. The molecular weight excluding hydrogens is 375 g/mol. The summed E-state index contributed by atoms with van der Waals surface area (Å²) in [7, 11) is 1.36. The Hall–Kier alpha value is -2.80. The zero-order valence-corrected chi connectivity index (χ0v) is 16.7. The number of nitrogens with one attached hydrogen (secondary N) is 1. The highest BCUT2D eigenvalue weighted by atomic mass is 19.1. The minimum Gasteiger partial charge on any atom is -0.547 e. The van der Waals surface area contributed by atoms with Crippen LogP contribution in [0.25, 0.3) is 0 Å². The summed E-state index contributed by atoms with van der Waals surface area (Å²) in [5.41, 5.74) is 2.76. The van der Waals surface area contributed by atoms with Crippen LogP contribution in [0.3, 0.4) is 0 Å². The second-order valence-electron chi connectivity index (χ2n) is 7.21. The number of rotatable bonds is 9. The Bertz CT molecular complexity index is 828. The molecule has 0 spiro atoms. The molecule has 0 aliphatic carbocycles. The maximum atomic E-state index is 13.5. The number of carbonyl (C=O) groups is 1. The van der Waals surface area contributed by atoms with E-state index in [1.807, 2.05) is 31.2 Å². The Morgan fingerprint density at radius 3 is 2.79 bits per heavy atom. The van der Waals surface area contributed by atoms with Gasteiger partial charge in [-0.05, 0) is 43.2 Å². The second kappa shape index (κ2) is 9.60. The molecule has 0 bridgehead atoms. The molecule has 2 aromatic rings. The van der Waals surface area contributed by atoms with Gasteiger partial charge in [0.25, 0.3) is 0 Å².